The maximum Gasteiger partial charge on any atom is 0.351 e. The number of nitrogens with zero attached hydrogens (tertiary/aromatic N) is 3. The number of esters is 1. The molecule has 7 heteroatoms. The van der Waals surface area contributed by atoms with E-state index in [0.29, 0.717) is 16.3 Å². The second-order valence-corrected chi connectivity index (χ2v) is 7.03. The zero-order valence-electron chi connectivity index (χ0n) is 15.2. The topological polar surface area (TPSA) is 83.3 Å². The lowest BCUT2D eigenvalue weighted by atomic mass is 10.1. The van der Waals surface area contributed by atoms with Crippen LogP contribution >= 0.6 is 11.3 Å². The third-order valence-corrected chi connectivity index (χ3v) is 4.84. The summed E-state index contributed by atoms with van der Waals surface area (Å²) >= 11 is 1.22. The standard InChI is InChI=1S/C21H17N3O3S/c1-15-23-19(16-8-4-2-5-9-16)20(28-15)21(26)27-14-18(25)24(13-12-22)17-10-6-3-7-11-17/h2-11H,13-14H2,1H3. The van der Waals surface area contributed by atoms with Crippen molar-refractivity contribution in [3.05, 3.63) is 70.5 Å². The molecule has 0 fully saturated rings. The molecule has 0 N–H and O–H groups in total. The second kappa shape index (κ2) is 8.93. The molecular weight excluding hydrogens is 374 g/mol. The van der Waals surface area contributed by atoms with Gasteiger partial charge in [-0.05, 0) is 19.1 Å². The van der Waals surface area contributed by atoms with Crippen molar-refractivity contribution in [1.82, 2.24) is 4.98 Å². The molecule has 1 heterocycles. The summed E-state index contributed by atoms with van der Waals surface area (Å²) < 4.78 is 5.25. The Morgan fingerprint density at radius 2 is 1.75 bits per heavy atom. The molecule has 0 unspecified atom stereocenters. The van der Waals surface area contributed by atoms with Crippen LogP contribution < -0.4 is 4.90 Å². The number of hydrogen-bond acceptors (Lipinski definition) is 6. The fourth-order valence-corrected chi connectivity index (χ4v) is 3.46. The number of benzene rings is 2. The van der Waals surface area contributed by atoms with Crippen molar-refractivity contribution >= 4 is 28.9 Å². The average molecular weight is 391 g/mol. The highest BCUT2D eigenvalue weighted by Gasteiger charge is 2.22. The third kappa shape index (κ3) is 4.42. The van der Waals surface area contributed by atoms with Gasteiger partial charge in [0.05, 0.1) is 16.8 Å². The summed E-state index contributed by atoms with van der Waals surface area (Å²) in [7, 11) is 0. The Hall–Kier alpha value is -3.50. The van der Waals surface area contributed by atoms with Crippen molar-refractivity contribution in [2.45, 2.75) is 6.92 Å². The lowest BCUT2D eigenvalue weighted by Gasteiger charge is -2.19. The molecule has 1 aromatic heterocycles. The first-order valence-electron chi connectivity index (χ1n) is 8.52. The highest BCUT2D eigenvalue weighted by Crippen LogP contribution is 2.28. The van der Waals surface area contributed by atoms with E-state index >= 15 is 0 Å². The summed E-state index contributed by atoms with van der Waals surface area (Å²) in [6, 6.07) is 20.1. The summed E-state index contributed by atoms with van der Waals surface area (Å²) in [4.78, 5) is 31.2. The van der Waals surface area contributed by atoms with Gasteiger partial charge in [-0.3, -0.25) is 9.69 Å². The van der Waals surface area contributed by atoms with Gasteiger partial charge in [0.2, 0.25) is 0 Å². The summed E-state index contributed by atoms with van der Waals surface area (Å²) in [5.74, 6) is -1.08. The smallest absolute Gasteiger partial charge is 0.351 e. The first-order valence-corrected chi connectivity index (χ1v) is 9.34. The molecule has 0 radical (unpaired) electrons. The number of rotatable bonds is 6. The van der Waals surface area contributed by atoms with Crippen LogP contribution in [0.15, 0.2) is 60.7 Å². The van der Waals surface area contributed by atoms with E-state index in [1.54, 1.807) is 24.3 Å². The maximum absolute atomic E-state index is 12.6. The van der Waals surface area contributed by atoms with E-state index in [4.69, 9.17) is 10.00 Å². The lowest BCUT2D eigenvalue weighted by Crippen LogP contribution is -2.35. The van der Waals surface area contributed by atoms with Crippen molar-refractivity contribution in [2.75, 3.05) is 18.1 Å². The van der Waals surface area contributed by atoms with Crippen molar-refractivity contribution < 1.29 is 14.3 Å². The van der Waals surface area contributed by atoms with Crippen LogP contribution in [0.25, 0.3) is 11.3 Å². The molecule has 1 amide bonds. The van der Waals surface area contributed by atoms with Crippen LogP contribution in [0, 0.1) is 18.3 Å². The monoisotopic (exact) mass is 391 g/mol. The van der Waals surface area contributed by atoms with E-state index in [1.165, 1.54) is 16.2 Å². The number of carbonyl (C=O) groups excluding carboxylic acids is 2. The second-order valence-electron chi connectivity index (χ2n) is 5.83. The molecule has 0 atom stereocenters. The zero-order valence-corrected chi connectivity index (χ0v) is 16.0. The highest BCUT2D eigenvalue weighted by atomic mass is 32.1. The molecule has 140 valence electrons. The first kappa shape index (κ1) is 19.3. The van der Waals surface area contributed by atoms with Crippen LogP contribution in [-0.4, -0.2) is 30.0 Å². The Morgan fingerprint density at radius 3 is 2.39 bits per heavy atom. The van der Waals surface area contributed by atoms with Crippen LogP contribution in [0.2, 0.25) is 0 Å². The molecule has 0 aliphatic heterocycles. The normalized spacial score (nSPS) is 10.1. The van der Waals surface area contributed by atoms with Crippen LogP contribution in [0.5, 0.6) is 0 Å². The predicted octanol–water partition coefficient (Wildman–Crippen LogP) is 3.83. The fourth-order valence-electron chi connectivity index (χ4n) is 2.63. The van der Waals surface area contributed by atoms with Gasteiger partial charge in [-0.2, -0.15) is 5.26 Å². The molecule has 6 nitrogen and oxygen atoms in total. The minimum atomic E-state index is -0.609. The van der Waals surface area contributed by atoms with Gasteiger partial charge >= 0.3 is 5.97 Å². The van der Waals surface area contributed by atoms with Crippen molar-refractivity contribution in [3.63, 3.8) is 0 Å². The largest absolute Gasteiger partial charge is 0.451 e. The van der Waals surface area contributed by atoms with E-state index in [9.17, 15) is 9.59 Å². The van der Waals surface area contributed by atoms with E-state index in [1.807, 2.05) is 49.4 Å². The van der Waals surface area contributed by atoms with E-state index < -0.39 is 18.5 Å². The number of aryl methyl sites for hydroxylation is 1. The van der Waals surface area contributed by atoms with Crippen molar-refractivity contribution in [1.29, 1.82) is 5.26 Å². The molecule has 0 saturated carbocycles. The summed E-state index contributed by atoms with van der Waals surface area (Å²) in [6.45, 7) is 1.22. The Balaban J connectivity index is 1.74. The van der Waals surface area contributed by atoms with Gasteiger partial charge in [-0.1, -0.05) is 48.5 Å². The van der Waals surface area contributed by atoms with E-state index in [0.717, 1.165) is 10.6 Å². The number of nitriles is 1. The number of ether oxygens (including phenoxy) is 1. The quantitative estimate of drug-likeness (QED) is 0.471. The van der Waals surface area contributed by atoms with Gasteiger partial charge in [0, 0.05) is 11.3 Å². The van der Waals surface area contributed by atoms with Gasteiger partial charge in [-0.15, -0.1) is 11.3 Å². The Morgan fingerprint density at radius 1 is 1.11 bits per heavy atom. The van der Waals surface area contributed by atoms with Crippen LogP contribution in [0.4, 0.5) is 5.69 Å². The highest BCUT2D eigenvalue weighted by molar-refractivity contribution is 7.14. The molecular formula is C21H17N3O3S. The number of amides is 1. The van der Waals surface area contributed by atoms with E-state index in [2.05, 4.69) is 4.98 Å². The number of thiazole rings is 1. The lowest BCUT2D eigenvalue weighted by molar-refractivity contribution is -0.121. The molecule has 2 aromatic carbocycles. The molecule has 28 heavy (non-hydrogen) atoms. The van der Waals surface area contributed by atoms with Crippen LogP contribution in [0.1, 0.15) is 14.7 Å². The van der Waals surface area contributed by atoms with Gasteiger partial charge < -0.3 is 4.74 Å². The molecule has 3 aromatic rings. The molecule has 0 aliphatic rings. The Kier molecular flexibility index (Phi) is 6.14. The van der Waals surface area contributed by atoms with Gasteiger partial charge in [0.1, 0.15) is 11.4 Å². The zero-order chi connectivity index (χ0) is 19.9. The predicted molar refractivity (Wildman–Crippen MR) is 107 cm³/mol. The fraction of sp³-hybridized carbons (Fsp3) is 0.143. The van der Waals surface area contributed by atoms with Gasteiger partial charge in [-0.25, -0.2) is 9.78 Å². The molecule has 0 spiro atoms. The SMILES string of the molecule is Cc1nc(-c2ccccc2)c(C(=O)OCC(=O)N(CC#N)c2ccccc2)s1. The number of carbonyl (C=O) groups is 2. The minimum absolute atomic E-state index is 0.130. The first-order chi connectivity index (χ1) is 13.6. The maximum atomic E-state index is 12.6. The van der Waals surface area contributed by atoms with Gasteiger partial charge in [0.25, 0.3) is 5.91 Å². The van der Waals surface area contributed by atoms with Crippen molar-refractivity contribution in [3.8, 4) is 17.3 Å². The Labute approximate surface area is 166 Å². The third-order valence-electron chi connectivity index (χ3n) is 3.89. The molecule has 0 aliphatic carbocycles. The molecule has 3 rings (SSSR count). The van der Waals surface area contributed by atoms with E-state index in [-0.39, 0.29) is 6.54 Å². The minimum Gasteiger partial charge on any atom is -0.451 e. The number of anilines is 1. The Bertz CT molecular complexity index is 1010. The van der Waals surface area contributed by atoms with Crippen LogP contribution in [0.3, 0.4) is 0 Å². The van der Waals surface area contributed by atoms with Crippen molar-refractivity contribution in [2.24, 2.45) is 0 Å². The number of aromatic nitrogens is 1. The molecule has 0 saturated heterocycles. The number of para-hydroxylation sites is 1. The number of hydrogen-bond donors (Lipinski definition) is 0. The van der Waals surface area contributed by atoms with Crippen LogP contribution in [-0.2, 0) is 9.53 Å². The summed E-state index contributed by atoms with van der Waals surface area (Å²) in [6.07, 6.45) is 0. The summed E-state index contributed by atoms with van der Waals surface area (Å²) in [5.41, 5.74) is 1.92. The van der Waals surface area contributed by atoms with Gasteiger partial charge in [0.15, 0.2) is 6.61 Å². The summed E-state index contributed by atoms with van der Waals surface area (Å²) in [5, 5.41) is 9.74. The average Bonchev–Trinajstić information content (AvgIpc) is 3.13. The molecule has 0 bridgehead atoms.